The topological polar surface area (TPSA) is 46.5 Å². The molecule has 0 heterocycles. The number of ether oxygens (including phenoxy) is 1. The Morgan fingerprint density at radius 3 is 2.62 bits per heavy atom. The van der Waals surface area contributed by atoms with Gasteiger partial charge in [-0.1, -0.05) is 32.3 Å². The third-order valence-electron chi connectivity index (χ3n) is 2.29. The average Bonchev–Trinajstić information content (AvgIpc) is 2.25. The van der Waals surface area contributed by atoms with E-state index in [-0.39, 0.29) is 12.6 Å². The first-order chi connectivity index (χ1) is 7.57. The van der Waals surface area contributed by atoms with E-state index in [0.717, 1.165) is 12.8 Å². The quantitative estimate of drug-likeness (QED) is 0.395. The number of allylic oxidation sites excluding steroid dienone is 1. The zero-order valence-electron chi connectivity index (χ0n) is 10.7. The van der Waals surface area contributed by atoms with Gasteiger partial charge in [-0.2, -0.15) is 0 Å². The van der Waals surface area contributed by atoms with Crippen LogP contribution in [0.2, 0.25) is 0 Å². The molecule has 0 rings (SSSR count). The average molecular weight is 228 g/mol. The zero-order valence-corrected chi connectivity index (χ0v) is 10.7. The Balaban J connectivity index is 3.71. The van der Waals surface area contributed by atoms with Crippen molar-refractivity contribution in [3.63, 3.8) is 0 Å². The van der Waals surface area contributed by atoms with Gasteiger partial charge in [-0.05, 0) is 26.7 Å². The number of esters is 1. The van der Waals surface area contributed by atoms with Gasteiger partial charge in [0, 0.05) is 5.57 Å². The van der Waals surface area contributed by atoms with Crippen LogP contribution in [0.15, 0.2) is 11.6 Å². The van der Waals surface area contributed by atoms with Gasteiger partial charge in [-0.15, -0.1) is 0 Å². The SMILES string of the molecule is CCCCCC/C=C(\C)C(=O)OCC(C)O. The fraction of sp³-hybridized carbons (Fsp3) is 0.769. The molecule has 94 valence electrons. The fourth-order valence-electron chi connectivity index (χ4n) is 1.28. The highest BCUT2D eigenvalue weighted by Crippen LogP contribution is 2.06. The lowest BCUT2D eigenvalue weighted by atomic mass is 10.1. The van der Waals surface area contributed by atoms with Crippen molar-refractivity contribution in [1.82, 2.24) is 0 Å². The van der Waals surface area contributed by atoms with Crippen LogP contribution in [0.1, 0.15) is 52.9 Å². The van der Waals surface area contributed by atoms with E-state index in [1.54, 1.807) is 13.8 Å². The molecule has 16 heavy (non-hydrogen) atoms. The molecule has 0 radical (unpaired) electrons. The predicted molar refractivity (Wildman–Crippen MR) is 65.2 cm³/mol. The summed E-state index contributed by atoms with van der Waals surface area (Å²) in [5.74, 6) is -0.323. The maximum absolute atomic E-state index is 11.4. The number of aliphatic hydroxyl groups is 1. The van der Waals surface area contributed by atoms with Crippen molar-refractivity contribution in [3.8, 4) is 0 Å². The number of aliphatic hydroxyl groups excluding tert-OH is 1. The molecule has 0 aromatic heterocycles. The minimum absolute atomic E-state index is 0.0693. The van der Waals surface area contributed by atoms with Gasteiger partial charge in [0.25, 0.3) is 0 Å². The first-order valence-corrected chi connectivity index (χ1v) is 6.09. The van der Waals surface area contributed by atoms with Crippen LogP contribution in [0.25, 0.3) is 0 Å². The monoisotopic (exact) mass is 228 g/mol. The molecule has 0 fully saturated rings. The third kappa shape index (κ3) is 8.48. The molecule has 3 nitrogen and oxygen atoms in total. The maximum atomic E-state index is 11.4. The zero-order chi connectivity index (χ0) is 12.4. The molecule has 0 amide bonds. The van der Waals surface area contributed by atoms with E-state index in [4.69, 9.17) is 9.84 Å². The second kappa shape index (κ2) is 9.40. The van der Waals surface area contributed by atoms with Crippen LogP contribution < -0.4 is 0 Å². The number of carbonyl (C=O) groups excluding carboxylic acids is 1. The van der Waals surface area contributed by atoms with Crippen LogP contribution in [0, 0.1) is 0 Å². The summed E-state index contributed by atoms with van der Waals surface area (Å²) in [5.41, 5.74) is 0.636. The summed E-state index contributed by atoms with van der Waals surface area (Å²) in [5, 5.41) is 8.96. The second-order valence-corrected chi connectivity index (χ2v) is 4.18. The van der Waals surface area contributed by atoms with Crippen LogP contribution in [0.4, 0.5) is 0 Å². The van der Waals surface area contributed by atoms with E-state index in [2.05, 4.69) is 6.92 Å². The first kappa shape index (κ1) is 15.2. The van der Waals surface area contributed by atoms with Gasteiger partial charge in [0.05, 0.1) is 6.10 Å². The Hall–Kier alpha value is -0.830. The number of carbonyl (C=O) groups is 1. The summed E-state index contributed by atoms with van der Waals surface area (Å²) < 4.78 is 4.89. The predicted octanol–water partition coefficient (Wildman–Crippen LogP) is 2.83. The molecule has 1 unspecified atom stereocenters. The molecule has 0 saturated carbocycles. The van der Waals surface area contributed by atoms with E-state index in [9.17, 15) is 4.79 Å². The van der Waals surface area contributed by atoms with Crippen LogP contribution in [0.5, 0.6) is 0 Å². The van der Waals surface area contributed by atoms with Crippen LogP contribution >= 0.6 is 0 Å². The van der Waals surface area contributed by atoms with E-state index >= 15 is 0 Å². The second-order valence-electron chi connectivity index (χ2n) is 4.18. The molecular weight excluding hydrogens is 204 g/mol. The Labute approximate surface area is 98.5 Å². The molecule has 0 aliphatic rings. The summed E-state index contributed by atoms with van der Waals surface area (Å²) in [6, 6.07) is 0. The highest BCUT2D eigenvalue weighted by molar-refractivity contribution is 5.87. The van der Waals surface area contributed by atoms with Gasteiger partial charge in [-0.3, -0.25) is 0 Å². The van der Waals surface area contributed by atoms with Gasteiger partial charge in [0.15, 0.2) is 0 Å². The van der Waals surface area contributed by atoms with Crippen molar-refractivity contribution in [2.45, 2.75) is 59.0 Å². The van der Waals surface area contributed by atoms with E-state index in [1.165, 1.54) is 19.3 Å². The normalized spacial score (nSPS) is 13.6. The molecule has 0 aromatic rings. The molecule has 3 heteroatoms. The van der Waals surface area contributed by atoms with Crippen molar-refractivity contribution in [2.75, 3.05) is 6.61 Å². The highest BCUT2D eigenvalue weighted by Gasteiger charge is 2.06. The van der Waals surface area contributed by atoms with E-state index in [1.807, 2.05) is 6.08 Å². The fourth-order valence-corrected chi connectivity index (χ4v) is 1.28. The summed E-state index contributed by atoms with van der Waals surface area (Å²) >= 11 is 0. The number of hydrogen-bond donors (Lipinski definition) is 1. The molecule has 0 aliphatic carbocycles. The molecule has 1 N–H and O–H groups in total. The van der Waals surface area contributed by atoms with E-state index < -0.39 is 6.10 Å². The van der Waals surface area contributed by atoms with Gasteiger partial charge >= 0.3 is 5.97 Å². The smallest absolute Gasteiger partial charge is 0.333 e. The summed E-state index contributed by atoms with van der Waals surface area (Å²) in [4.78, 5) is 11.4. The standard InChI is InChI=1S/C13H24O3/c1-4-5-6-7-8-9-11(2)13(15)16-10-12(3)14/h9,12,14H,4-8,10H2,1-3H3/b11-9+. The van der Waals surface area contributed by atoms with Gasteiger partial charge in [0.1, 0.15) is 6.61 Å². The number of hydrogen-bond acceptors (Lipinski definition) is 3. The summed E-state index contributed by atoms with van der Waals surface area (Å²) in [7, 11) is 0. The summed E-state index contributed by atoms with van der Waals surface area (Å²) in [6.07, 6.45) is 7.05. The molecule has 0 aromatic carbocycles. The maximum Gasteiger partial charge on any atom is 0.333 e. The molecule has 0 spiro atoms. The van der Waals surface area contributed by atoms with Gasteiger partial charge in [-0.25, -0.2) is 4.79 Å². The minimum Gasteiger partial charge on any atom is -0.460 e. The van der Waals surface area contributed by atoms with Crippen LogP contribution in [-0.4, -0.2) is 23.8 Å². The Bertz CT molecular complexity index is 219. The lowest BCUT2D eigenvalue weighted by Gasteiger charge is -2.06. The third-order valence-corrected chi connectivity index (χ3v) is 2.29. The van der Waals surface area contributed by atoms with Crippen molar-refractivity contribution < 1.29 is 14.6 Å². The van der Waals surface area contributed by atoms with Crippen molar-refractivity contribution in [3.05, 3.63) is 11.6 Å². The molecule has 0 saturated heterocycles. The molecular formula is C13H24O3. The minimum atomic E-state index is -0.596. The Morgan fingerprint density at radius 2 is 2.06 bits per heavy atom. The van der Waals surface area contributed by atoms with Crippen molar-refractivity contribution >= 4 is 5.97 Å². The Kier molecular flexibility index (Phi) is 8.91. The molecule has 1 atom stereocenters. The van der Waals surface area contributed by atoms with Crippen molar-refractivity contribution in [1.29, 1.82) is 0 Å². The highest BCUT2D eigenvalue weighted by atomic mass is 16.5. The first-order valence-electron chi connectivity index (χ1n) is 6.09. The lowest BCUT2D eigenvalue weighted by molar-refractivity contribution is -0.141. The Morgan fingerprint density at radius 1 is 1.38 bits per heavy atom. The number of unbranched alkanes of at least 4 members (excludes halogenated alkanes) is 4. The van der Waals surface area contributed by atoms with Crippen LogP contribution in [-0.2, 0) is 9.53 Å². The lowest BCUT2D eigenvalue weighted by Crippen LogP contribution is -2.15. The molecule has 0 aliphatic heterocycles. The van der Waals surface area contributed by atoms with Gasteiger partial charge in [0.2, 0.25) is 0 Å². The van der Waals surface area contributed by atoms with Gasteiger partial charge < -0.3 is 9.84 Å². The van der Waals surface area contributed by atoms with Crippen LogP contribution in [0.3, 0.4) is 0 Å². The summed E-state index contributed by atoms with van der Waals surface area (Å²) in [6.45, 7) is 5.59. The number of rotatable bonds is 8. The molecule has 0 bridgehead atoms. The van der Waals surface area contributed by atoms with E-state index in [0.29, 0.717) is 5.57 Å². The van der Waals surface area contributed by atoms with Crippen molar-refractivity contribution in [2.24, 2.45) is 0 Å². The largest absolute Gasteiger partial charge is 0.460 e.